The molecule has 1 aromatic heterocycles. The summed E-state index contributed by atoms with van der Waals surface area (Å²) >= 11 is 0. The fourth-order valence-electron chi connectivity index (χ4n) is 5.07. The number of methoxy groups -OCH3 is 2. The summed E-state index contributed by atoms with van der Waals surface area (Å²) in [5.74, 6) is 0.273. The Morgan fingerprint density at radius 1 is 1.03 bits per heavy atom. The number of aryl methyl sites for hydroxylation is 1. The van der Waals surface area contributed by atoms with E-state index in [0.29, 0.717) is 52.8 Å². The van der Waals surface area contributed by atoms with Crippen LogP contribution in [0, 0.1) is 0 Å². The van der Waals surface area contributed by atoms with E-state index in [0.717, 1.165) is 0 Å². The smallest absolute Gasteiger partial charge is 0.295 e. The topological polar surface area (TPSA) is 131 Å². The molecule has 0 saturated carbocycles. The van der Waals surface area contributed by atoms with Gasteiger partial charge in [0.05, 0.1) is 32.2 Å². The van der Waals surface area contributed by atoms with Crippen LogP contribution in [0.2, 0.25) is 0 Å². The van der Waals surface area contributed by atoms with Crippen LogP contribution < -0.4 is 28.4 Å². The average molecular weight is 536 g/mol. The van der Waals surface area contributed by atoms with E-state index in [4.69, 9.17) is 28.4 Å². The lowest BCUT2D eigenvalue weighted by atomic mass is 9.93. The fraction of sp³-hybridized carbons (Fsp3) is 0.296. The Balaban J connectivity index is 1.49. The Kier molecular flexibility index (Phi) is 6.14. The van der Waals surface area contributed by atoms with Gasteiger partial charge in [-0.15, -0.1) is 0 Å². The van der Waals surface area contributed by atoms with E-state index in [2.05, 4.69) is 4.98 Å². The molecular formula is C27H25N3O9. The molecular weight excluding hydrogens is 510 g/mol. The van der Waals surface area contributed by atoms with Gasteiger partial charge in [-0.1, -0.05) is 0 Å². The van der Waals surface area contributed by atoms with E-state index in [1.54, 1.807) is 36.8 Å². The molecule has 1 amide bonds. The first-order valence-corrected chi connectivity index (χ1v) is 12.2. The van der Waals surface area contributed by atoms with Crippen molar-refractivity contribution in [1.29, 1.82) is 0 Å². The molecule has 6 rings (SSSR count). The quantitative estimate of drug-likeness (QED) is 0.261. The molecule has 12 heteroatoms. The van der Waals surface area contributed by atoms with Crippen molar-refractivity contribution in [2.24, 2.45) is 0 Å². The predicted octanol–water partition coefficient (Wildman–Crippen LogP) is 2.87. The lowest BCUT2D eigenvalue weighted by Gasteiger charge is -2.27. The van der Waals surface area contributed by atoms with Crippen LogP contribution >= 0.6 is 0 Å². The molecule has 1 fully saturated rings. The van der Waals surface area contributed by atoms with Gasteiger partial charge in [-0.25, -0.2) is 4.98 Å². The summed E-state index contributed by atoms with van der Waals surface area (Å²) in [5, 5.41) is 11.5. The minimum atomic E-state index is -1.00. The van der Waals surface area contributed by atoms with Crippen LogP contribution in [-0.4, -0.2) is 65.6 Å². The Bertz CT molecular complexity index is 1480. The Morgan fingerprint density at radius 2 is 1.82 bits per heavy atom. The fourth-order valence-corrected chi connectivity index (χ4v) is 5.07. The number of amides is 1. The molecule has 4 heterocycles. The van der Waals surface area contributed by atoms with Gasteiger partial charge in [-0.3, -0.25) is 9.59 Å². The highest BCUT2D eigenvalue weighted by Gasteiger charge is 2.48. The van der Waals surface area contributed by atoms with Crippen molar-refractivity contribution < 1.29 is 43.1 Å². The van der Waals surface area contributed by atoms with Crippen molar-refractivity contribution in [2.75, 3.05) is 34.4 Å². The standard InChI is InChI=1S/C27H25N3O9/c1-34-19-11-16(24(35-2)26-25(19)38-14-39-26)21-20(22(31)15-4-5-17-18(10-15)37-13-36-17)23(32)27(33)30(21)8-3-7-29-9-6-28-12-29/h4-6,9-12,21,31H,3,7-8,13-14H2,1-2H3/t21-/m0/s1. The van der Waals surface area contributed by atoms with Gasteiger partial charge in [0, 0.05) is 36.6 Å². The highest BCUT2D eigenvalue weighted by atomic mass is 16.7. The molecule has 0 bridgehead atoms. The second kappa shape index (κ2) is 9.78. The number of Topliss-reactive ketones (excluding diaryl/α,β-unsaturated/α-hetero) is 1. The van der Waals surface area contributed by atoms with Crippen LogP contribution in [-0.2, 0) is 16.1 Å². The first-order valence-electron chi connectivity index (χ1n) is 12.2. The molecule has 1 saturated heterocycles. The molecule has 0 aliphatic carbocycles. The maximum Gasteiger partial charge on any atom is 0.295 e. The van der Waals surface area contributed by atoms with Crippen LogP contribution in [0.15, 0.2) is 48.6 Å². The van der Waals surface area contributed by atoms with Crippen LogP contribution in [0.25, 0.3) is 5.76 Å². The minimum Gasteiger partial charge on any atom is -0.507 e. The number of likely N-dealkylation sites (tertiary alicyclic amines) is 1. The molecule has 2 aromatic carbocycles. The number of fused-ring (bicyclic) bond motifs is 2. The van der Waals surface area contributed by atoms with Crippen molar-refractivity contribution in [1.82, 2.24) is 14.5 Å². The zero-order valence-electron chi connectivity index (χ0n) is 21.2. The van der Waals surface area contributed by atoms with Crippen molar-refractivity contribution in [3.8, 4) is 34.5 Å². The second-order valence-electron chi connectivity index (χ2n) is 8.98. The number of nitrogens with zero attached hydrogens (tertiary/aromatic N) is 3. The van der Waals surface area contributed by atoms with Crippen LogP contribution in [0.1, 0.15) is 23.6 Å². The van der Waals surface area contributed by atoms with Gasteiger partial charge in [0.15, 0.2) is 23.0 Å². The summed E-state index contributed by atoms with van der Waals surface area (Å²) in [6.45, 7) is 0.785. The number of ketones is 1. The number of rotatable bonds is 8. The lowest BCUT2D eigenvalue weighted by molar-refractivity contribution is -0.140. The van der Waals surface area contributed by atoms with Crippen molar-refractivity contribution >= 4 is 17.4 Å². The molecule has 39 heavy (non-hydrogen) atoms. The third-order valence-corrected chi connectivity index (χ3v) is 6.87. The summed E-state index contributed by atoms with van der Waals surface area (Å²) in [5.41, 5.74) is 0.607. The third kappa shape index (κ3) is 4.04. The molecule has 1 N–H and O–H groups in total. The summed E-state index contributed by atoms with van der Waals surface area (Å²) in [6, 6.07) is 5.44. The first-order chi connectivity index (χ1) is 19.0. The van der Waals surface area contributed by atoms with E-state index < -0.39 is 17.7 Å². The summed E-state index contributed by atoms with van der Waals surface area (Å²) in [7, 11) is 2.93. The zero-order valence-corrected chi connectivity index (χ0v) is 21.2. The van der Waals surface area contributed by atoms with Crippen molar-refractivity contribution in [2.45, 2.75) is 19.0 Å². The molecule has 202 valence electrons. The first kappa shape index (κ1) is 24.5. The summed E-state index contributed by atoms with van der Waals surface area (Å²) in [6.07, 6.45) is 5.68. The largest absolute Gasteiger partial charge is 0.507 e. The third-order valence-electron chi connectivity index (χ3n) is 6.87. The molecule has 12 nitrogen and oxygen atoms in total. The van der Waals surface area contributed by atoms with Gasteiger partial charge in [0.2, 0.25) is 25.1 Å². The van der Waals surface area contributed by atoms with Gasteiger partial charge in [-0.05, 0) is 30.7 Å². The van der Waals surface area contributed by atoms with Gasteiger partial charge < -0.3 is 43.0 Å². The van der Waals surface area contributed by atoms with Crippen LogP contribution in [0.5, 0.6) is 34.5 Å². The maximum atomic E-state index is 13.5. The number of aromatic nitrogens is 2. The highest BCUT2D eigenvalue weighted by Crippen LogP contribution is 2.54. The summed E-state index contributed by atoms with van der Waals surface area (Å²) in [4.78, 5) is 32.4. The predicted molar refractivity (Wildman–Crippen MR) is 134 cm³/mol. The molecule has 3 aromatic rings. The van der Waals surface area contributed by atoms with Gasteiger partial charge in [0.25, 0.3) is 11.7 Å². The number of hydrogen-bond acceptors (Lipinski definition) is 10. The number of aliphatic hydroxyl groups is 1. The number of hydrogen-bond donors (Lipinski definition) is 1. The molecule has 3 aliphatic heterocycles. The normalized spacial score (nSPS) is 18.6. The molecule has 3 aliphatic rings. The van der Waals surface area contributed by atoms with Crippen molar-refractivity contribution in [3.05, 3.63) is 59.7 Å². The number of aliphatic hydroxyl groups excluding tert-OH is 1. The van der Waals surface area contributed by atoms with E-state index >= 15 is 0 Å². The number of carbonyl (C=O) groups excluding carboxylic acids is 2. The van der Waals surface area contributed by atoms with E-state index in [-0.39, 0.29) is 37.2 Å². The number of imidazole rings is 1. The molecule has 1 atom stereocenters. The SMILES string of the molecule is COc1cc([C@H]2C(=C(O)c3ccc4c(c3)OCO4)C(=O)C(=O)N2CCCn2ccnc2)c(OC)c2c1OCO2. The number of ether oxygens (including phenoxy) is 6. The van der Waals surface area contributed by atoms with E-state index in [1.807, 2.05) is 10.8 Å². The monoisotopic (exact) mass is 535 g/mol. The lowest BCUT2D eigenvalue weighted by Crippen LogP contribution is -2.31. The Hall–Kier alpha value is -4.87. The van der Waals surface area contributed by atoms with Gasteiger partial charge >= 0.3 is 0 Å². The Morgan fingerprint density at radius 3 is 2.59 bits per heavy atom. The van der Waals surface area contributed by atoms with Gasteiger partial charge in [0.1, 0.15) is 5.76 Å². The maximum absolute atomic E-state index is 13.5. The van der Waals surface area contributed by atoms with Crippen molar-refractivity contribution in [3.63, 3.8) is 0 Å². The van der Waals surface area contributed by atoms with Crippen LogP contribution in [0.3, 0.4) is 0 Å². The summed E-state index contributed by atoms with van der Waals surface area (Å²) < 4.78 is 35.2. The molecule has 0 unspecified atom stereocenters. The zero-order chi connectivity index (χ0) is 27.1. The second-order valence-corrected chi connectivity index (χ2v) is 8.98. The molecule has 0 radical (unpaired) electrons. The molecule has 0 spiro atoms. The Labute approximate surface area is 222 Å². The minimum absolute atomic E-state index is 0.0478. The van der Waals surface area contributed by atoms with E-state index in [9.17, 15) is 14.7 Å². The van der Waals surface area contributed by atoms with E-state index in [1.165, 1.54) is 19.1 Å². The number of benzene rings is 2. The average Bonchev–Trinajstić information content (AvgIpc) is 3.76. The highest BCUT2D eigenvalue weighted by molar-refractivity contribution is 6.46. The van der Waals surface area contributed by atoms with Gasteiger partial charge in [-0.2, -0.15) is 0 Å². The number of carbonyl (C=O) groups is 2. The van der Waals surface area contributed by atoms with Crippen LogP contribution in [0.4, 0.5) is 0 Å².